The van der Waals surface area contributed by atoms with Crippen LogP contribution in [0.15, 0.2) is 24.3 Å². The SMILES string of the molecule is O=[C]c1ccccc1CF. The summed E-state index contributed by atoms with van der Waals surface area (Å²) in [6.45, 7) is -0.606. The first-order valence-electron chi connectivity index (χ1n) is 2.90. The third-order valence-corrected chi connectivity index (χ3v) is 1.27. The van der Waals surface area contributed by atoms with Crippen LogP contribution in [0.5, 0.6) is 0 Å². The van der Waals surface area contributed by atoms with Gasteiger partial charge in [0.1, 0.15) is 6.67 Å². The van der Waals surface area contributed by atoms with E-state index in [1.807, 2.05) is 0 Å². The highest BCUT2D eigenvalue weighted by Gasteiger charge is 1.97. The lowest BCUT2D eigenvalue weighted by Gasteiger charge is -1.94. The molecular formula is C8H6FO. The molecule has 0 amide bonds. The first-order valence-corrected chi connectivity index (χ1v) is 2.90. The number of hydrogen-bond donors (Lipinski definition) is 0. The van der Waals surface area contributed by atoms with Gasteiger partial charge < -0.3 is 0 Å². The molecule has 0 aliphatic heterocycles. The van der Waals surface area contributed by atoms with Crippen LogP contribution in [0.1, 0.15) is 11.1 Å². The molecule has 0 fully saturated rings. The van der Waals surface area contributed by atoms with Gasteiger partial charge >= 0.3 is 0 Å². The van der Waals surface area contributed by atoms with Gasteiger partial charge in [0.25, 0.3) is 0 Å². The summed E-state index contributed by atoms with van der Waals surface area (Å²) in [5.74, 6) is 0. The number of benzene rings is 1. The maximum absolute atomic E-state index is 12.0. The molecule has 0 spiro atoms. The van der Waals surface area contributed by atoms with Crippen LogP contribution >= 0.6 is 0 Å². The third-order valence-electron chi connectivity index (χ3n) is 1.27. The van der Waals surface area contributed by atoms with Crippen molar-refractivity contribution < 1.29 is 9.18 Å². The zero-order valence-corrected chi connectivity index (χ0v) is 5.30. The zero-order chi connectivity index (χ0) is 7.40. The molecule has 0 heterocycles. The summed E-state index contributed by atoms with van der Waals surface area (Å²) in [6.07, 6.45) is 1.66. The smallest absolute Gasteiger partial charge is 0.233 e. The Labute approximate surface area is 58.5 Å². The van der Waals surface area contributed by atoms with Gasteiger partial charge in [-0.3, -0.25) is 4.79 Å². The molecule has 1 rings (SSSR count). The van der Waals surface area contributed by atoms with Crippen molar-refractivity contribution in [1.82, 2.24) is 0 Å². The van der Waals surface area contributed by atoms with Crippen molar-refractivity contribution >= 4 is 6.29 Å². The predicted octanol–water partition coefficient (Wildman–Crippen LogP) is 1.61. The summed E-state index contributed by atoms with van der Waals surface area (Å²) in [5, 5.41) is 0. The molecule has 0 saturated heterocycles. The summed E-state index contributed by atoms with van der Waals surface area (Å²) in [6, 6.07) is 6.48. The largest absolute Gasteiger partial charge is 0.285 e. The number of halogens is 1. The van der Waals surface area contributed by atoms with Gasteiger partial charge in [-0.1, -0.05) is 24.3 Å². The van der Waals surface area contributed by atoms with Gasteiger partial charge in [-0.05, 0) is 5.56 Å². The maximum Gasteiger partial charge on any atom is 0.233 e. The lowest BCUT2D eigenvalue weighted by molar-refractivity contribution is 0.483. The topological polar surface area (TPSA) is 17.1 Å². The Kier molecular flexibility index (Phi) is 2.15. The van der Waals surface area contributed by atoms with Crippen molar-refractivity contribution in [3.63, 3.8) is 0 Å². The molecule has 0 aromatic heterocycles. The average Bonchev–Trinajstić information content (AvgIpc) is 2.04. The van der Waals surface area contributed by atoms with Gasteiger partial charge in [-0.15, -0.1) is 0 Å². The van der Waals surface area contributed by atoms with Gasteiger partial charge in [-0.25, -0.2) is 4.39 Å². The first kappa shape index (κ1) is 6.93. The quantitative estimate of drug-likeness (QED) is 0.605. The molecule has 0 unspecified atom stereocenters. The van der Waals surface area contributed by atoms with E-state index < -0.39 is 6.67 Å². The second-order valence-corrected chi connectivity index (χ2v) is 1.89. The number of alkyl halides is 1. The van der Waals surface area contributed by atoms with Crippen molar-refractivity contribution in [2.24, 2.45) is 0 Å². The third kappa shape index (κ3) is 1.21. The second-order valence-electron chi connectivity index (χ2n) is 1.89. The van der Waals surface area contributed by atoms with E-state index in [1.54, 1.807) is 30.6 Å². The predicted molar refractivity (Wildman–Crippen MR) is 36.0 cm³/mol. The van der Waals surface area contributed by atoms with E-state index in [2.05, 4.69) is 0 Å². The molecule has 0 saturated carbocycles. The van der Waals surface area contributed by atoms with Crippen LogP contribution in [0.3, 0.4) is 0 Å². The van der Waals surface area contributed by atoms with Crippen molar-refractivity contribution in [1.29, 1.82) is 0 Å². The molecule has 2 heteroatoms. The Balaban J connectivity index is 3.08. The van der Waals surface area contributed by atoms with Crippen molar-refractivity contribution in [2.75, 3.05) is 0 Å². The van der Waals surface area contributed by atoms with Crippen molar-refractivity contribution in [3.05, 3.63) is 35.4 Å². The number of rotatable bonds is 2. The van der Waals surface area contributed by atoms with E-state index >= 15 is 0 Å². The minimum absolute atomic E-state index is 0.310. The van der Waals surface area contributed by atoms with Gasteiger partial charge in [0.05, 0.1) is 0 Å². The van der Waals surface area contributed by atoms with E-state index in [-0.39, 0.29) is 0 Å². The molecule has 1 aromatic carbocycles. The molecular weight excluding hydrogens is 131 g/mol. The van der Waals surface area contributed by atoms with Gasteiger partial charge in [0, 0.05) is 5.56 Å². The van der Waals surface area contributed by atoms with Gasteiger partial charge in [-0.2, -0.15) is 0 Å². The molecule has 0 N–H and O–H groups in total. The van der Waals surface area contributed by atoms with Crippen molar-refractivity contribution in [2.45, 2.75) is 6.67 Å². The molecule has 51 valence electrons. The Morgan fingerprint density at radius 2 is 2.10 bits per heavy atom. The summed E-state index contributed by atoms with van der Waals surface area (Å²) < 4.78 is 12.0. The molecule has 0 aliphatic carbocycles. The van der Waals surface area contributed by atoms with E-state index in [0.717, 1.165) is 0 Å². The Morgan fingerprint density at radius 3 is 2.60 bits per heavy atom. The molecule has 0 atom stereocenters. The lowest BCUT2D eigenvalue weighted by Crippen LogP contribution is -1.87. The fraction of sp³-hybridized carbons (Fsp3) is 0.125. The Bertz CT molecular complexity index is 232. The minimum atomic E-state index is -0.606. The van der Waals surface area contributed by atoms with Crippen LogP contribution in [0, 0.1) is 0 Å². The van der Waals surface area contributed by atoms with Crippen LogP contribution in [0.2, 0.25) is 0 Å². The summed E-state index contributed by atoms with van der Waals surface area (Å²) in [5.41, 5.74) is 0.711. The van der Waals surface area contributed by atoms with E-state index in [1.165, 1.54) is 0 Å². The fourth-order valence-electron chi connectivity index (χ4n) is 0.736. The van der Waals surface area contributed by atoms with Crippen LogP contribution in [0.4, 0.5) is 4.39 Å². The number of hydrogen-bond acceptors (Lipinski definition) is 1. The second kappa shape index (κ2) is 3.11. The summed E-state index contributed by atoms with van der Waals surface area (Å²) >= 11 is 0. The molecule has 0 aliphatic rings. The first-order chi connectivity index (χ1) is 4.88. The summed E-state index contributed by atoms with van der Waals surface area (Å²) in [7, 11) is 0. The molecule has 0 bridgehead atoms. The van der Waals surface area contributed by atoms with Gasteiger partial charge in [0.2, 0.25) is 6.29 Å². The van der Waals surface area contributed by atoms with Crippen LogP contribution in [-0.4, -0.2) is 6.29 Å². The minimum Gasteiger partial charge on any atom is -0.285 e. The standard InChI is InChI=1S/C8H6FO/c9-5-7-3-1-2-4-8(7)6-10/h1-4H,5H2. The van der Waals surface area contributed by atoms with E-state index in [4.69, 9.17) is 0 Å². The monoisotopic (exact) mass is 137 g/mol. The molecule has 1 nitrogen and oxygen atoms in total. The highest BCUT2D eigenvalue weighted by molar-refractivity contribution is 5.77. The Hall–Kier alpha value is -1.18. The highest BCUT2D eigenvalue weighted by Crippen LogP contribution is 2.06. The van der Waals surface area contributed by atoms with Crippen LogP contribution in [0.25, 0.3) is 0 Å². The normalized spacial score (nSPS) is 9.30. The molecule has 1 aromatic rings. The van der Waals surface area contributed by atoms with E-state index in [9.17, 15) is 9.18 Å². The zero-order valence-electron chi connectivity index (χ0n) is 5.30. The van der Waals surface area contributed by atoms with Gasteiger partial charge in [0.15, 0.2) is 0 Å². The lowest BCUT2D eigenvalue weighted by atomic mass is 10.1. The maximum atomic E-state index is 12.0. The molecule has 1 radical (unpaired) electrons. The van der Waals surface area contributed by atoms with Crippen LogP contribution < -0.4 is 0 Å². The van der Waals surface area contributed by atoms with Crippen molar-refractivity contribution in [3.8, 4) is 0 Å². The highest BCUT2D eigenvalue weighted by atomic mass is 19.1. The molecule has 10 heavy (non-hydrogen) atoms. The van der Waals surface area contributed by atoms with E-state index in [0.29, 0.717) is 11.1 Å². The summed E-state index contributed by atoms with van der Waals surface area (Å²) in [4.78, 5) is 10.1. The van der Waals surface area contributed by atoms with Crippen LogP contribution in [-0.2, 0) is 11.5 Å². The number of carbonyl (C=O) groups excluding carboxylic acids is 1. The average molecular weight is 137 g/mol. The Morgan fingerprint density at radius 1 is 1.40 bits per heavy atom. The fourth-order valence-corrected chi connectivity index (χ4v) is 0.736.